The van der Waals surface area contributed by atoms with Crippen molar-refractivity contribution in [3.05, 3.63) is 0 Å². The molecule has 1 fully saturated rings. The Morgan fingerprint density at radius 2 is 1.88 bits per heavy atom. The molecule has 1 saturated carbocycles. The summed E-state index contributed by atoms with van der Waals surface area (Å²) >= 11 is 0. The van der Waals surface area contributed by atoms with Gasteiger partial charge in [-0.2, -0.15) is 0 Å². The van der Waals surface area contributed by atoms with Crippen LogP contribution in [0, 0.1) is 11.8 Å². The minimum Gasteiger partial charge on any atom is -0.207 e. The van der Waals surface area contributed by atoms with Crippen LogP contribution in [0.5, 0.6) is 0 Å². The maximum absolute atomic E-state index is 13.5. The summed E-state index contributed by atoms with van der Waals surface area (Å²) in [5, 5.41) is 0. The van der Waals surface area contributed by atoms with Crippen LogP contribution in [0.1, 0.15) is 71.6 Å². The van der Waals surface area contributed by atoms with Gasteiger partial charge < -0.3 is 0 Å². The van der Waals surface area contributed by atoms with E-state index in [4.69, 9.17) is 0 Å². The summed E-state index contributed by atoms with van der Waals surface area (Å²) in [4.78, 5) is 0. The van der Waals surface area contributed by atoms with Crippen LogP contribution in [0.2, 0.25) is 0 Å². The number of rotatable bonds is 7. The molecule has 1 aliphatic carbocycles. The van der Waals surface area contributed by atoms with E-state index in [9.17, 15) is 8.78 Å². The zero-order chi connectivity index (χ0) is 12.0. The molecule has 0 unspecified atom stereocenters. The maximum Gasteiger partial charge on any atom is 0.248 e. The van der Waals surface area contributed by atoms with Crippen molar-refractivity contribution < 1.29 is 8.78 Å². The predicted molar refractivity (Wildman–Crippen MR) is 64.8 cm³/mol. The third kappa shape index (κ3) is 5.27. The van der Waals surface area contributed by atoms with Crippen molar-refractivity contribution in [1.29, 1.82) is 0 Å². The van der Waals surface area contributed by atoms with Crippen LogP contribution in [0.3, 0.4) is 0 Å². The van der Waals surface area contributed by atoms with Crippen LogP contribution in [0.4, 0.5) is 8.78 Å². The normalized spacial score (nSPS) is 20.2. The molecule has 0 aromatic rings. The van der Waals surface area contributed by atoms with E-state index in [1.54, 1.807) is 0 Å². The molecule has 1 aliphatic rings. The second-order valence-corrected chi connectivity index (χ2v) is 5.62. The van der Waals surface area contributed by atoms with E-state index in [-0.39, 0.29) is 18.8 Å². The van der Waals surface area contributed by atoms with Crippen molar-refractivity contribution in [3.8, 4) is 0 Å². The van der Waals surface area contributed by atoms with Crippen LogP contribution in [-0.4, -0.2) is 5.92 Å². The smallest absolute Gasteiger partial charge is 0.207 e. The van der Waals surface area contributed by atoms with Crippen LogP contribution in [-0.2, 0) is 0 Å². The molecule has 0 spiro atoms. The van der Waals surface area contributed by atoms with E-state index in [1.807, 2.05) is 13.8 Å². The molecule has 0 saturated heterocycles. The zero-order valence-corrected chi connectivity index (χ0v) is 10.8. The number of alkyl halides is 2. The fraction of sp³-hybridized carbons (Fsp3) is 1.00. The van der Waals surface area contributed by atoms with Gasteiger partial charge in [0.15, 0.2) is 0 Å². The molecule has 96 valence electrons. The van der Waals surface area contributed by atoms with Crippen LogP contribution < -0.4 is 0 Å². The summed E-state index contributed by atoms with van der Waals surface area (Å²) in [5.74, 6) is -1.52. The van der Waals surface area contributed by atoms with Crippen molar-refractivity contribution >= 4 is 0 Å². The zero-order valence-electron chi connectivity index (χ0n) is 10.8. The molecule has 0 aliphatic heterocycles. The Balaban J connectivity index is 2.14. The molecule has 0 aromatic carbocycles. The Morgan fingerprint density at radius 3 is 2.44 bits per heavy atom. The second kappa shape index (κ2) is 6.56. The average molecular weight is 232 g/mol. The van der Waals surface area contributed by atoms with Gasteiger partial charge in [-0.05, 0) is 18.3 Å². The van der Waals surface area contributed by atoms with Gasteiger partial charge in [-0.15, -0.1) is 0 Å². The van der Waals surface area contributed by atoms with Gasteiger partial charge in [-0.3, -0.25) is 0 Å². The lowest BCUT2D eigenvalue weighted by Crippen LogP contribution is -2.19. The van der Waals surface area contributed by atoms with Crippen molar-refractivity contribution in [2.24, 2.45) is 11.8 Å². The fourth-order valence-electron chi connectivity index (χ4n) is 2.70. The van der Waals surface area contributed by atoms with Gasteiger partial charge in [0.25, 0.3) is 0 Å². The second-order valence-electron chi connectivity index (χ2n) is 5.62. The summed E-state index contributed by atoms with van der Waals surface area (Å²) in [7, 11) is 0. The molecular weight excluding hydrogens is 206 g/mol. The lowest BCUT2D eigenvalue weighted by atomic mass is 9.94. The third-order valence-electron chi connectivity index (χ3n) is 3.97. The maximum atomic E-state index is 13.5. The topological polar surface area (TPSA) is 0 Å². The van der Waals surface area contributed by atoms with Crippen molar-refractivity contribution in [2.75, 3.05) is 0 Å². The SMILES string of the molecule is CC[C@H](C)CC(F)(F)CCCC1CCCC1. The van der Waals surface area contributed by atoms with Crippen LogP contribution >= 0.6 is 0 Å². The number of hydrogen-bond acceptors (Lipinski definition) is 0. The van der Waals surface area contributed by atoms with E-state index in [0.717, 1.165) is 18.8 Å². The van der Waals surface area contributed by atoms with Gasteiger partial charge in [0, 0.05) is 12.8 Å². The lowest BCUT2D eigenvalue weighted by Gasteiger charge is -2.20. The summed E-state index contributed by atoms with van der Waals surface area (Å²) in [6.07, 6.45) is 7.96. The van der Waals surface area contributed by atoms with E-state index in [2.05, 4.69) is 0 Å². The lowest BCUT2D eigenvalue weighted by molar-refractivity contribution is -0.0320. The van der Waals surface area contributed by atoms with Crippen molar-refractivity contribution in [2.45, 2.75) is 77.6 Å². The average Bonchev–Trinajstić information content (AvgIpc) is 2.69. The van der Waals surface area contributed by atoms with Gasteiger partial charge in [-0.25, -0.2) is 8.78 Å². The Morgan fingerprint density at radius 1 is 1.25 bits per heavy atom. The van der Waals surface area contributed by atoms with Gasteiger partial charge in [0.2, 0.25) is 5.92 Å². The minimum atomic E-state index is -2.42. The summed E-state index contributed by atoms with van der Waals surface area (Å²) in [5.41, 5.74) is 0. The molecule has 0 bridgehead atoms. The van der Waals surface area contributed by atoms with Crippen molar-refractivity contribution in [1.82, 2.24) is 0 Å². The molecule has 0 heterocycles. The van der Waals surface area contributed by atoms with E-state index < -0.39 is 5.92 Å². The van der Waals surface area contributed by atoms with Gasteiger partial charge in [-0.1, -0.05) is 52.4 Å². The van der Waals surface area contributed by atoms with Gasteiger partial charge >= 0.3 is 0 Å². The standard InChI is InChI=1S/C14H26F2/c1-3-12(2)11-14(15,16)10-6-9-13-7-4-5-8-13/h12-13H,3-11H2,1-2H3/t12-/m0/s1. The molecule has 0 nitrogen and oxygen atoms in total. The molecule has 0 aromatic heterocycles. The molecule has 0 N–H and O–H groups in total. The Bertz CT molecular complexity index is 183. The van der Waals surface area contributed by atoms with Crippen LogP contribution in [0.25, 0.3) is 0 Å². The first-order chi connectivity index (χ1) is 7.53. The minimum absolute atomic E-state index is 0.0775. The first-order valence-electron chi connectivity index (χ1n) is 6.91. The number of halogens is 2. The third-order valence-corrected chi connectivity index (χ3v) is 3.97. The molecule has 0 amide bonds. The molecule has 0 radical (unpaired) electrons. The summed E-state index contributed by atoms with van der Waals surface area (Å²) in [6, 6.07) is 0. The molecule has 2 heteroatoms. The molecule has 1 rings (SSSR count). The Hall–Kier alpha value is -0.140. The highest BCUT2D eigenvalue weighted by molar-refractivity contribution is 4.72. The highest BCUT2D eigenvalue weighted by Gasteiger charge is 2.30. The Kier molecular flexibility index (Phi) is 5.71. The van der Waals surface area contributed by atoms with E-state index in [1.165, 1.54) is 25.7 Å². The predicted octanol–water partition coefficient (Wildman–Crippen LogP) is 5.42. The van der Waals surface area contributed by atoms with Crippen molar-refractivity contribution in [3.63, 3.8) is 0 Å². The van der Waals surface area contributed by atoms with E-state index in [0.29, 0.717) is 6.42 Å². The largest absolute Gasteiger partial charge is 0.248 e. The monoisotopic (exact) mass is 232 g/mol. The molecular formula is C14H26F2. The molecule has 16 heavy (non-hydrogen) atoms. The van der Waals surface area contributed by atoms with E-state index >= 15 is 0 Å². The number of hydrogen-bond donors (Lipinski definition) is 0. The first-order valence-corrected chi connectivity index (χ1v) is 6.91. The quantitative estimate of drug-likeness (QED) is 0.550. The van der Waals surface area contributed by atoms with Gasteiger partial charge in [0.05, 0.1) is 0 Å². The fourth-order valence-corrected chi connectivity index (χ4v) is 2.70. The highest BCUT2D eigenvalue weighted by atomic mass is 19.3. The highest BCUT2D eigenvalue weighted by Crippen LogP contribution is 2.34. The Labute approximate surface area is 98.8 Å². The summed E-state index contributed by atoms with van der Waals surface area (Å²) < 4.78 is 27.1. The first kappa shape index (κ1) is 13.9. The van der Waals surface area contributed by atoms with Crippen LogP contribution in [0.15, 0.2) is 0 Å². The van der Waals surface area contributed by atoms with Gasteiger partial charge in [0.1, 0.15) is 0 Å². The summed E-state index contributed by atoms with van der Waals surface area (Å²) in [6.45, 7) is 3.91. The molecule has 1 atom stereocenters.